The summed E-state index contributed by atoms with van der Waals surface area (Å²) in [5, 5.41) is 17.8. The summed E-state index contributed by atoms with van der Waals surface area (Å²) in [7, 11) is 0. The quantitative estimate of drug-likeness (QED) is 0.917. The first-order valence-electron chi connectivity index (χ1n) is 6.21. The van der Waals surface area contributed by atoms with Crippen molar-refractivity contribution < 1.29 is 19.0 Å². The Morgan fingerprint density at radius 2 is 2.00 bits per heavy atom. The third-order valence-electron chi connectivity index (χ3n) is 2.89. The summed E-state index contributed by atoms with van der Waals surface area (Å²) in [4.78, 5) is 10.8. The molecule has 0 aliphatic heterocycles. The summed E-state index contributed by atoms with van der Waals surface area (Å²) in [6.45, 7) is -0.00269. The zero-order valence-electron chi connectivity index (χ0n) is 11.0. The molecule has 0 spiro atoms. The van der Waals surface area contributed by atoms with E-state index in [9.17, 15) is 9.18 Å². The molecular weight excluding hydrogens is 273 g/mol. The predicted molar refractivity (Wildman–Crippen MR) is 73.2 cm³/mol. The SMILES string of the molecule is N#Cc1ccc(F)cc1COc1ccccc1CC(=O)O. The topological polar surface area (TPSA) is 70.3 Å². The summed E-state index contributed by atoms with van der Waals surface area (Å²) < 4.78 is 18.8. The maximum absolute atomic E-state index is 13.2. The lowest BCUT2D eigenvalue weighted by Gasteiger charge is -2.11. The molecule has 106 valence electrons. The number of ether oxygens (including phenoxy) is 1. The van der Waals surface area contributed by atoms with Gasteiger partial charge in [-0.3, -0.25) is 4.79 Å². The second-order valence-corrected chi connectivity index (χ2v) is 4.38. The van der Waals surface area contributed by atoms with Gasteiger partial charge in [-0.15, -0.1) is 0 Å². The van der Waals surface area contributed by atoms with Crippen LogP contribution in [0.5, 0.6) is 5.75 Å². The van der Waals surface area contributed by atoms with Gasteiger partial charge in [0.2, 0.25) is 0 Å². The number of carboxylic acid groups (broad SMARTS) is 1. The highest BCUT2D eigenvalue weighted by Gasteiger charge is 2.09. The Kier molecular flexibility index (Phi) is 4.52. The first-order chi connectivity index (χ1) is 10.1. The van der Waals surface area contributed by atoms with Gasteiger partial charge in [0.25, 0.3) is 0 Å². The van der Waals surface area contributed by atoms with Crippen LogP contribution in [0.3, 0.4) is 0 Å². The number of para-hydroxylation sites is 1. The minimum absolute atomic E-state index is 0.00269. The Labute approximate surface area is 121 Å². The highest BCUT2D eigenvalue weighted by Crippen LogP contribution is 2.21. The zero-order chi connectivity index (χ0) is 15.2. The minimum Gasteiger partial charge on any atom is -0.489 e. The monoisotopic (exact) mass is 285 g/mol. The fraction of sp³-hybridized carbons (Fsp3) is 0.125. The van der Waals surface area contributed by atoms with Crippen LogP contribution < -0.4 is 4.74 Å². The molecule has 0 heterocycles. The normalized spacial score (nSPS) is 9.90. The molecule has 0 fully saturated rings. The second-order valence-electron chi connectivity index (χ2n) is 4.38. The highest BCUT2D eigenvalue weighted by atomic mass is 19.1. The zero-order valence-corrected chi connectivity index (χ0v) is 11.0. The average Bonchev–Trinajstić information content (AvgIpc) is 2.46. The molecule has 0 radical (unpaired) electrons. The summed E-state index contributed by atoms with van der Waals surface area (Å²) in [6, 6.07) is 12.5. The van der Waals surface area contributed by atoms with E-state index in [1.165, 1.54) is 18.2 Å². The van der Waals surface area contributed by atoms with E-state index in [0.29, 0.717) is 22.4 Å². The molecular formula is C16H12FNO3. The Morgan fingerprint density at radius 1 is 1.24 bits per heavy atom. The van der Waals surface area contributed by atoms with Gasteiger partial charge in [0.05, 0.1) is 18.1 Å². The Morgan fingerprint density at radius 3 is 2.71 bits per heavy atom. The molecule has 2 aromatic carbocycles. The van der Waals surface area contributed by atoms with E-state index in [2.05, 4.69) is 0 Å². The minimum atomic E-state index is -0.963. The smallest absolute Gasteiger partial charge is 0.307 e. The number of rotatable bonds is 5. The van der Waals surface area contributed by atoms with Crippen LogP contribution in [-0.2, 0) is 17.8 Å². The van der Waals surface area contributed by atoms with Gasteiger partial charge >= 0.3 is 5.97 Å². The molecule has 21 heavy (non-hydrogen) atoms. The van der Waals surface area contributed by atoms with Crippen LogP contribution in [0.15, 0.2) is 42.5 Å². The fourth-order valence-corrected chi connectivity index (χ4v) is 1.90. The van der Waals surface area contributed by atoms with Crippen LogP contribution in [0.2, 0.25) is 0 Å². The number of benzene rings is 2. The van der Waals surface area contributed by atoms with E-state index < -0.39 is 11.8 Å². The first-order valence-corrected chi connectivity index (χ1v) is 6.21. The Bertz CT molecular complexity index is 707. The molecule has 1 N–H and O–H groups in total. The molecule has 0 aromatic heterocycles. The summed E-state index contributed by atoms with van der Waals surface area (Å²) in [5.74, 6) is -1.01. The largest absolute Gasteiger partial charge is 0.489 e. The number of carboxylic acids is 1. The molecule has 0 aliphatic rings. The maximum atomic E-state index is 13.2. The van der Waals surface area contributed by atoms with Gasteiger partial charge in [-0.1, -0.05) is 18.2 Å². The van der Waals surface area contributed by atoms with Crippen LogP contribution in [0.4, 0.5) is 4.39 Å². The molecule has 0 saturated heterocycles. The summed E-state index contributed by atoms with van der Waals surface area (Å²) in [5.41, 5.74) is 1.27. The van der Waals surface area contributed by atoms with Crippen molar-refractivity contribution in [2.75, 3.05) is 0 Å². The van der Waals surface area contributed by atoms with Crippen molar-refractivity contribution in [3.8, 4) is 11.8 Å². The van der Waals surface area contributed by atoms with Crippen molar-refractivity contribution >= 4 is 5.97 Å². The van der Waals surface area contributed by atoms with Gasteiger partial charge in [0.15, 0.2) is 0 Å². The van der Waals surface area contributed by atoms with E-state index in [0.717, 1.165) is 0 Å². The highest BCUT2D eigenvalue weighted by molar-refractivity contribution is 5.71. The number of carbonyl (C=O) groups is 1. The van der Waals surface area contributed by atoms with Gasteiger partial charge in [-0.2, -0.15) is 5.26 Å². The molecule has 0 aliphatic carbocycles. The van der Waals surface area contributed by atoms with E-state index in [4.69, 9.17) is 15.1 Å². The lowest BCUT2D eigenvalue weighted by Crippen LogP contribution is -2.05. The van der Waals surface area contributed by atoms with Gasteiger partial charge in [0.1, 0.15) is 18.2 Å². The number of halogens is 1. The van der Waals surface area contributed by atoms with Crippen molar-refractivity contribution in [3.63, 3.8) is 0 Å². The Hall–Kier alpha value is -2.87. The molecule has 4 nitrogen and oxygen atoms in total. The number of nitriles is 1. The lowest BCUT2D eigenvalue weighted by molar-refractivity contribution is -0.136. The summed E-state index contributed by atoms with van der Waals surface area (Å²) >= 11 is 0. The van der Waals surface area contributed by atoms with E-state index in [1.807, 2.05) is 6.07 Å². The van der Waals surface area contributed by atoms with Crippen LogP contribution in [0.1, 0.15) is 16.7 Å². The number of hydrogen-bond acceptors (Lipinski definition) is 3. The number of aliphatic carboxylic acids is 1. The number of hydrogen-bond donors (Lipinski definition) is 1. The second kappa shape index (κ2) is 6.53. The standard InChI is InChI=1S/C16H12FNO3/c17-14-6-5-12(9-18)13(7-14)10-21-15-4-2-1-3-11(15)8-16(19)20/h1-7H,8,10H2,(H,19,20). The van der Waals surface area contributed by atoms with Crippen molar-refractivity contribution in [1.82, 2.24) is 0 Å². The Balaban J connectivity index is 2.19. The van der Waals surface area contributed by atoms with Crippen LogP contribution in [-0.4, -0.2) is 11.1 Å². The van der Waals surface area contributed by atoms with E-state index in [-0.39, 0.29) is 13.0 Å². The number of nitrogens with zero attached hydrogens (tertiary/aromatic N) is 1. The van der Waals surface area contributed by atoms with Crippen molar-refractivity contribution in [3.05, 3.63) is 65.0 Å². The molecule has 2 rings (SSSR count). The van der Waals surface area contributed by atoms with Crippen molar-refractivity contribution in [1.29, 1.82) is 5.26 Å². The third-order valence-corrected chi connectivity index (χ3v) is 2.89. The van der Waals surface area contributed by atoms with Gasteiger partial charge < -0.3 is 9.84 Å². The average molecular weight is 285 g/mol. The molecule has 2 aromatic rings. The predicted octanol–water partition coefficient (Wildman–Crippen LogP) is 2.90. The van der Waals surface area contributed by atoms with Crippen LogP contribution in [0, 0.1) is 17.1 Å². The van der Waals surface area contributed by atoms with Gasteiger partial charge in [-0.25, -0.2) is 4.39 Å². The first kappa shape index (κ1) is 14.5. The lowest BCUT2D eigenvalue weighted by atomic mass is 10.1. The van der Waals surface area contributed by atoms with Crippen molar-refractivity contribution in [2.45, 2.75) is 13.0 Å². The van der Waals surface area contributed by atoms with Gasteiger partial charge in [0, 0.05) is 11.1 Å². The third kappa shape index (κ3) is 3.80. The molecule has 0 saturated carbocycles. The van der Waals surface area contributed by atoms with Gasteiger partial charge in [-0.05, 0) is 24.3 Å². The van der Waals surface area contributed by atoms with Crippen LogP contribution in [0.25, 0.3) is 0 Å². The maximum Gasteiger partial charge on any atom is 0.307 e. The molecule has 0 amide bonds. The fourth-order valence-electron chi connectivity index (χ4n) is 1.90. The van der Waals surface area contributed by atoms with E-state index >= 15 is 0 Å². The molecule has 0 unspecified atom stereocenters. The molecule has 5 heteroatoms. The van der Waals surface area contributed by atoms with E-state index in [1.54, 1.807) is 24.3 Å². The van der Waals surface area contributed by atoms with Crippen molar-refractivity contribution in [2.24, 2.45) is 0 Å². The van der Waals surface area contributed by atoms with Crippen LogP contribution >= 0.6 is 0 Å². The summed E-state index contributed by atoms with van der Waals surface area (Å²) in [6.07, 6.45) is -0.162. The molecule has 0 atom stereocenters. The molecule has 0 bridgehead atoms.